The Balaban J connectivity index is 2.70. The summed E-state index contributed by atoms with van der Waals surface area (Å²) in [4.78, 5) is 23.4. The van der Waals surface area contributed by atoms with Gasteiger partial charge in [-0.15, -0.1) is 0 Å². The van der Waals surface area contributed by atoms with Crippen molar-refractivity contribution in [3.8, 4) is 0 Å². The number of alkyl halides is 3. The molecule has 2 rings (SSSR count). The molecule has 0 spiro atoms. The van der Waals surface area contributed by atoms with Crippen molar-refractivity contribution in [3.05, 3.63) is 39.6 Å². The number of hydrogen-bond donors (Lipinski definition) is 1. The lowest BCUT2D eigenvalue weighted by molar-refractivity contribution is -0.384. The number of esters is 1. The molecule has 0 unspecified atom stereocenters. The average Bonchev–Trinajstić information content (AvgIpc) is 2.76. The number of halogens is 3. The average molecular weight is 302 g/mol. The lowest BCUT2D eigenvalue weighted by atomic mass is 10.1. The summed E-state index contributed by atoms with van der Waals surface area (Å²) in [6.45, 7) is 0. The first-order valence-electron chi connectivity index (χ1n) is 5.67. The van der Waals surface area contributed by atoms with Gasteiger partial charge in [0.1, 0.15) is 5.69 Å². The predicted octanol–water partition coefficient (Wildman–Crippen LogP) is 2.81. The van der Waals surface area contributed by atoms with Gasteiger partial charge in [-0.05, 0) is 6.07 Å². The Bertz CT molecular complexity index is 721. The van der Waals surface area contributed by atoms with E-state index in [0.717, 1.165) is 19.2 Å². The van der Waals surface area contributed by atoms with Crippen LogP contribution >= 0.6 is 0 Å². The van der Waals surface area contributed by atoms with Crippen molar-refractivity contribution in [3.63, 3.8) is 0 Å². The Hall–Kier alpha value is -2.58. The van der Waals surface area contributed by atoms with Crippen LogP contribution in [0.4, 0.5) is 18.9 Å². The number of nitro groups is 1. The number of ether oxygens (including phenoxy) is 1. The molecule has 9 heteroatoms. The Kier molecular flexibility index (Phi) is 3.58. The molecule has 1 heterocycles. The van der Waals surface area contributed by atoms with Crippen LogP contribution in [0.3, 0.4) is 0 Å². The predicted molar refractivity (Wildman–Crippen MR) is 65.7 cm³/mol. The number of rotatable bonds is 3. The van der Waals surface area contributed by atoms with Crippen LogP contribution in [-0.4, -0.2) is 23.0 Å². The number of fused-ring (bicyclic) bond motifs is 1. The number of H-pyrrole nitrogens is 1. The third kappa shape index (κ3) is 2.81. The van der Waals surface area contributed by atoms with Crippen LogP contribution in [0.15, 0.2) is 18.2 Å². The summed E-state index contributed by atoms with van der Waals surface area (Å²) in [5.41, 5.74) is -1.77. The van der Waals surface area contributed by atoms with Crippen LogP contribution in [0.2, 0.25) is 0 Å². The van der Waals surface area contributed by atoms with E-state index in [1.54, 1.807) is 0 Å². The molecular formula is C12H9F3N2O4. The molecule has 0 bridgehead atoms. The summed E-state index contributed by atoms with van der Waals surface area (Å²) in [6.07, 6.45) is -5.34. The first-order chi connectivity index (χ1) is 9.74. The van der Waals surface area contributed by atoms with E-state index in [4.69, 9.17) is 0 Å². The van der Waals surface area contributed by atoms with Crippen LogP contribution in [-0.2, 0) is 22.1 Å². The molecular weight excluding hydrogens is 293 g/mol. The van der Waals surface area contributed by atoms with Gasteiger partial charge in [-0.25, -0.2) is 0 Å². The molecule has 0 saturated carbocycles. The van der Waals surface area contributed by atoms with Gasteiger partial charge in [0, 0.05) is 28.6 Å². The summed E-state index contributed by atoms with van der Waals surface area (Å²) < 4.78 is 43.3. The quantitative estimate of drug-likeness (QED) is 0.536. The zero-order valence-corrected chi connectivity index (χ0v) is 10.7. The van der Waals surface area contributed by atoms with E-state index in [1.165, 1.54) is 6.07 Å². The first-order valence-corrected chi connectivity index (χ1v) is 5.67. The molecule has 1 N–H and O–H groups in total. The monoisotopic (exact) mass is 302 g/mol. The minimum Gasteiger partial charge on any atom is -0.469 e. The number of hydrogen-bond acceptors (Lipinski definition) is 4. The van der Waals surface area contributed by atoms with Gasteiger partial charge in [-0.2, -0.15) is 13.2 Å². The molecule has 0 aliphatic heterocycles. The summed E-state index contributed by atoms with van der Waals surface area (Å²) >= 11 is 0. The van der Waals surface area contributed by atoms with Crippen LogP contribution in [0.25, 0.3) is 10.9 Å². The van der Waals surface area contributed by atoms with E-state index in [9.17, 15) is 28.1 Å². The largest absolute Gasteiger partial charge is 0.469 e. The number of aromatic amines is 1. The number of nitro benzene ring substituents is 1. The second kappa shape index (κ2) is 5.08. The standard InChI is InChI=1S/C12H9F3N2O4/c1-21-10(18)5-8-7-4-6(17(19)20)2-3-9(7)16-11(8)12(13,14)15/h2-4,16H,5H2,1H3. The molecule has 0 saturated heterocycles. The number of carbonyl (C=O) groups is 1. The van der Waals surface area contributed by atoms with Gasteiger partial charge >= 0.3 is 12.1 Å². The molecule has 0 radical (unpaired) electrons. The molecule has 2 aromatic rings. The fourth-order valence-corrected chi connectivity index (χ4v) is 1.99. The van der Waals surface area contributed by atoms with Gasteiger partial charge in [-0.1, -0.05) is 0 Å². The Morgan fingerprint density at radius 1 is 1.43 bits per heavy atom. The Labute approximate surface area is 115 Å². The molecule has 0 fully saturated rings. The maximum absolute atomic E-state index is 13.0. The normalized spacial score (nSPS) is 11.6. The van der Waals surface area contributed by atoms with Gasteiger partial charge in [0.2, 0.25) is 0 Å². The van der Waals surface area contributed by atoms with Crippen molar-refractivity contribution in [1.82, 2.24) is 4.98 Å². The third-order valence-electron chi connectivity index (χ3n) is 2.93. The zero-order valence-electron chi connectivity index (χ0n) is 10.7. The van der Waals surface area contributed by atoms with Crippen molar-refractivity contribution >= 4 is 22.6 Å². The maximum atomic E-state index is 13.0. The van der Waals surface area contributed by atoms with Crippen LogP contribution in [0.5, 0.6) is 0 Å². The number of nitrogens with one attached hydrogen (secondary N) is 1. The molecule has 0 aliphatic carbocycles. The summed E-state index contributed by atoms with van der Waals surface area (Å²) in [5.74, 6) is -0.868. The zero-order chi connectivity index (χ0) is 15.8. The summed E-state index contributed by atoms with van der Waals surface area (Å²) in [6, 6.07) is 3.25. The second-order valence-corrected chi connectivity index (χ2v) is 4.22. The smallest absolute Gasteiger partial charge is 0.431 e. The summed E-state index contributed by atoms with van der Waals surface area (Å²) in [5, 5.41) is 10.7. The number of aromatic nitrogens is 1. The van der Waals surface area contributed by atoms with Crippen LogP contribution < -0.4 is 0 Å². The van der Waals surface area contributed by atoms with E-state index in [0.29, 0.717) is 0 Å². The lowest BCUT2D eigenvalue weighted by Gasteiger charge is -2.07. The second-order valence-electron chi connectivity index (χ2n) is 4.22. The molecule has 21 heavy (non-hydrogen) atoms. The number of carbonyl (C=O) groups excluding carboxylic acids is 1. The number of methoxy groups -OCH3 is 1. The number of non-ortho nitro benzene ring substituents is 1. The lowest BCUT2D eigenvalue weighted by Crippen LogP contribution is -2.12. The highest BCUT2D eigenvalue weighted by Gasteiger charge is 2.37. The van der Waals surface area contributed by atoms with Crippen molar-refractivity contribution in [2.45, 2.75) is 12.6 Å². The molecule has 1 aromatic carbocycles. The first kappa shape index (κ1) is 14.8. The molecule has 0 atom stereocenters. The highest BCUT2D eigenvalue weighted by molar-refractivity contribution is 5.90. The molecule has 0 amide bonds. The molecule has 112 valence electrons. The minimum absolute atomic E-state index is 0.0260. The fourth-order valence-electron chi connectivity index (χ4n) is 1.99. The molecule has 1 aromatic heterocycles. The van der Waals surface area contributed by atoms with Crippen molar-refractivity contribution in [2.75, 3.05) is 7.11 Å². The van der Waals surface area contributed by atoms with Gasteiger partial charge in [0.05, 0.1) is 18.5 Å². The number of benzene rings is 1. The van der Waals surface area contributed by atoms with E-state index in [2.05, 4.69) is 9.72 Å². The highest BCUT2D eigenvalue weighted by Crippen LogP contribution is 2.37. The topological polar surface area (TPSA) is 85.2 Å². The molecule has 6 nitrogen and oxygen atoms in total. The van der Waals surface area contributed by atoms with E-state index < -0.39 is 29.2 Å². The van der Waals surface area contributed by atoms with Crippen molar-refractivity contribution in [1.29, 1.82) is 0 Å². The van der Waals surface area contributed by atoms with Crippen LogP contribution in [0, 0.1) is 10.1 Å². The van der Waals surface area contributed by atoms with Gasteiger partial charge in [0.15, 0.2) is 0 Å². The van der Waals surface area contributed by atoms with E-state index in [1.807, 2.05) is 0 Å². The fraction of sp³-hybridized carbons (Fsp3) is 0.250. The van der Waals surface area contributed by atoms with Gasteiger partial charge < -0.3 is 9.72 Å². The van der Waals surface area contributed by atoms with Gasteiger partial charge in [0.25, 0.3) is 5.69 Å². The van der Waals surface area contributed by atoms with Gasteiger partial charge in [-0.3, -0.25) is 14.9 Å². The van der Waals surface area contributed by atoms with Crippen molar-refractivity contribution < 1.29 is 27.6 Å². The maximum Gasteiger partial charge on any atom is 0.431 e. The van der Waals surface area contributed by atoms with E-state index >= 15 is 0 Å². The van der Waals surface area contributed by atoms with Crippen molar-refractivity contribution in [2.24, 2.45) is 0 Å². The van der Waals surface area contributed by atoms with E-state index in [-0.39, 0.29) is 22.2 Å². The highest BCUT2D eigenvalue weighted by atomic mass is 19.4. The van der Waals surface area contributed by atoms with Crippen LogP contribution in [0.1, 0.15) is 11.3 Å². The summed E-state index contributed by atoms with van der Waals surface area (Å²) in [7, 11) is 1.05. The third-order valence-corrected chi connectivity index (χ3v) is 2.93. The Morgan fingerprint density at radius 3 is 2.62 bits per heavy atom. The molecule has 0 aliphatic rings. The Morgan fingerprint density at radius 2 is 2.10 bits per heavy atom. The SMILES string of the molecule is COC(=O)Cc1c(C(F)(F)F)[nH]c2ccc([N+](=O)[O-])cc12. The number of nitrogens with zero attached hydrogens (tertiary/aromatic N) is 1. The minimum atomic E-state index is -4.71.